The molecule has 5 N–H and O–H groups in total. The number of benzene rings is 1. The maximum Gasteiger partial charge on any atom is 0.275 e. The monoisotopic (exact) mass is 574 g/mol. The zero-order valence-corrected chi connectivity index (χ0v) is 25.5. The Balaban J connectivity index is 1.43. The number of carbonyl (C=O) groups excluding carboxylic acids is 2. The molecule has 9 heteroatoms. The average Bonchev–Trinajstić information content (AvgIpc) is 3.34. The van der Waals surface area contributed by atoms with Gasteiger partial charge in [-0.05, 0) is 72.9 Å². The van der Waals surface area contributed by atoms with E-state index >= 15 is 0 Å². The number of aromatic nitrogens is 1. The van der Waals surface area contributed by atoms with Gasteiger partial charge in [-0.1, -0.05) is 39.3 Å². The minimum atomic E-state index is -0.390. The van der Waals surface area contributed by atoms with Crippen LogP contribution in [0.25, 0.3) is 10.2 Å². The van der Waals surface area contributed by atoms with Crippen LogP contribution in [-0.2, 0) is 28.9 Å². The van der Waals surface area contributed by atoms with Crippen LogP contribution in [0.15, 0.2) is 53.3 Å². The van der Waals surface area contributed by atoms with Gasteiger partial charge in [-0.25, -0.2) is 4.98 Å². The van der Waals surface area contributed by atoms with Crippen molar-refractivity contribution in [2.45, 2.75) is 65.8 Å². The van der Waals surface area contributed by atoms with Gasteiger partial charge in [0.2, 0.25) is 5.91 Å². The van der Waals surface area contributed by atoms with E-state index in [1.54, 1.807) is 37.6 Å². The number of nitrogens with two attached hydrogens (primary N) is 1. The van der Waals surface area contributed by atoms with Crippen molar-refractivity contribution >= 4 is 45.3 Å². The predicted molar refractivity (Wildman–Crippen MR) is 169 cm³/mol. The first-order valence-corrected chi connectivity index (χ1v) is 15.2. The number of anilines is 1. The fourth-order valence-electron chi connectivity index (χ4n) is 5.37. The van der Waals surface area contributed by atoms with Gasteiger partial charge >= 0.3 is 0 Å². The Morgan fingerprint density at radius 1 is 1.27 bits per heavy atom. The van der Waals surface area contributed by atoms with Crippen LogP contribution in [0.5, 0.6) is 0 Å². The highest BCUT2D eigenvalue weighted by molar-refractivity contribution is 7.18. The van der Waals surface area contributed by atoms with Crippen molar-refractivity contribution in [2.75, 3.05) is 18.9 Å². The number of carbonyl (C=O) groups is 2. The van der Waals surface area contributed by atoms with Crippen molar-refractivity contribution in [3.63, 3.8) is 0 Å². The number of aryl methyl sites for hydroxylation is 1. The van der Waals surface area contributed by atoms with Crippen LogP contribution in [0.1, 0.15) is 68.3 Å². The Morgan fingerprint density at radius 3 is 2.78 bits per heavy atom. The Morgan fingerprint density at radius 2 is 2.07 bits per heavy atom. The van der Waals surface area contributed by atoms with E-state index in [0.717, 1.165) is 33.5 Å². The van der Waals surface area contributed by atoms with Gasteiger partial charge in [-0.3, -0.25) is 14.6 Å². The predicted octanol–water partition coefficient (Wildman–Crippen LogP) is 5.29. The summed E-state index contributed by atoms with van der Waals surface area (Å²) in [7, 11) is 1.71. The Labute approximate surface area is 246 Å². The Hall–Kier alpha value is -3.56. The van der Waals surface area contributed by atoms with Crippen LogP contribution in [0.3, 0.4) is 0 Å². The van der Waals surface area contributed by atoms with Gasteiger partial charge in [0, 0.05) is 47.7 Å². The number of fused-ring (bicyclic) bond motifs is 2. The number of nitrogens with zero attached hydrogens (tertiary/aromatic N) is 2. The number of amides is 2. The summed E-state index contributed by atoms with van der Waals surface area (Å²) < 4.78 is 0. The summed E-state index contributed by atoms with van der Waals surface area (Å²) >= 11 is 1.59. The molecule has 0 spiro atoms. The van der Waals surface area contributed by atoms with E-state index in [4.69, 9.17) is 10.7 Å². The van der Waals surface area contributed by atoms with Crippen molar-refractivity contribution in [1.82, 2.24) is 15.6 Å². The second-order valence-electron chi connectivity index (χ2n) is 11.3. The van der Waals surface area contributed by atoms with Crippen LogP contribution >= 0.6 is 11.3 Å². The summed E-state index contributed by atoms with van der Waals surface area (Å²) in [6.07, 6.45) is 7.79. The SMILES string of the molecule is CC=N/C(=C\NC)C(=O)Nc1cccc([C@@H](CN)NC(=O)Cc2cc3cc4c(nc3s2)CCC(C(C)(C)CC)C4)c1. The van der Waals surface area contributed by atoms with E-state index in [1.807, 2.05) is 18.2 Å². The van der Waals surface area contributed by atoms with Gasteiger partial charge in [0.25, 0.3) is 5.91 Å². The van der Waals surface area contributed by atoms with E-state index in [-0.39, 0.29) is 36.5 Å². The zero-order chi connectivity index (χ0) is 29.6. The van der Waals surface area contributed by atoms with E-state index in [2.05, 4.69) is 53.8 Å². The van der Waals surface area contributed by atoms with Crippen LogP contribution in [0.4, 0.5) is 5.69 Å². The van der Waals surface area contributed by atoms with Crippen molar-refractivity contribution in [1.29, 1.82) is 0 Å². The molecule has 4 rings (SSSR count). The molecule has 218 valence electrons. The molecule has 2 amide bonds. The molecule has 0 saturated carbocycles. The molecule has 0 saturated heterocycles. The smallest absolute Gasteiger partial charge is 0.275 e. The third-order valence-electron chi connectivity index (χ3n) is 8.17. The highest BCUT2D eigenvalue weighted by atomic mass is 32.1. The fraction of sp³-hybridized carbons (Fsp3) is 0.438. The largest absolute Gasteiger partial charge is 0.392 e. The van der Waals surface area contributed by atoms with Gasteiger partial charge in [-0.2, -0.15) is 0 Å². The average molecular weight is 575 g/mol. The normalized spacial score (nSPS) is 16.4. The first-order valence-electron chi connectivity index (χ1n) is 14.4. The molecule has 2 aromatic heterocycles. The molecule has 1 aromatic carbocycles. The second kappa shape index (κ2) is 13.4. The second-order valence-corrected chi connectivity index (χ2v) is 12.4. The first-order chi connectivity index (χ1) is 19.7. The van der Waals surface area contributed by atoms with Crippen LogP contribution in [-0.4, -0.2) is 36.6 Å². The first kappa shape index (κ1) is 30.4. The highest BCUT2D eigenvalue weighted by Gasteiger charge is 2.31. The summed E-state index contributed by atoms with van der Waals surface area (Å²) in [5, 5.41) is 9.87. The lowest BCUT2D eigenvalue weighted by atomic mass is 9.69. The maximum absolute atomic E-state index is 13.1. The van der Waals surface area contributed by atoms with Crippen LogP contribution < -0.4 is 21.7 Å². The quantitative estimate of drug-likeness (QED) is 0.183. The lowest BCUT2D eigenvalue weighted by Gasteiger charge is -2.36. The Bertz CT molecular complexity index is 1460. The Kier molecular flexibility index (Phi) is 9.94. The molecule has 0 bridgehead atoms. The molecule has 0 fully saturated rings. The standard InChI is InChI=1S/C32H42N6O2S/c1-6-32(3,4)23-11-12-26-21(14-23)13-22-16-25(41-31(22)38-26)17-29(39)37-27(18-33)20-9-8-10-24(15-20)36-30(40)28(19-34-5)35-7-2/h7-10,13,15-16,19,23,27,34H,6,11-12,14,17-18,33H2,1-5H3,(H,36,40)(H,37,39)/b28-19-,35-7?/t23?,27-/m1/s1. The highest BCUT2D eigenvalue weighted by Crippen LogP contribution is 2.40. The molecule has 1 aliphatic rings. The molecular weight excluding hydrogens is 532 g/mol. The van der Waals surface area contributed by atoms with Gasteiger partial charge in [0.15, 0.2) is 0 Å². The van der Waals surface area contributed by atoms with E-state index < -0.39 is 0 Å². The lowest BCUT2D eigenvalue weighted by molar-refractivity contribution is -0.121. The minimum absolute atomic E-state index is 0.104. The van der Waals surface area contributed by atoms with Crippen molar-refractivity contribution in [3.8, 4) is 0 Å². The van der Waals surface area contributed by atoms with Crippen LogP contribution in [0, 0.1) is 11.3 Å². The fourth-order valence-corrected chi connectivity index (χ4v) is 6.39. The molecule has 8 nitrogen and oxygen atoms in total. The molecule has 2 atom stereocenters. The van der Waals surface area contributed by atoms with Gasteiger partial charge in [0.1, 0.15) is 10.5 Å². The van der Waals surface area contributed by atoms with Crippen molar-refractivity contribution < 1.29 is 9.59 Å². The maximum atomic E-state index is 13.1. The lowest BCUT2D eigenvalue weighted by Crippen LogP contribution is -2.34. The van der Waals surface area contributed by atoms with E-state index in [9.17, 15) is 9.59 Å². The molecular formula is C32H42N6O2S. The number of pyridine rings is 1. The molecule has 0 radical (unpaired) electrons. The third-order valence-corrected chi connectivity index (χ3v) is 9.22. The molecule has 1 aliphatic carbocycles. The molecule has 2 heterocycles. The number of rotatable bonds is 11. The third kappa shape index (κ3) is 7.40. The summed E-state index contributed by atoms with van der Waals surface area (Å²) in [6.45, 7) is 9.00. The van der Waals surface area contributed by atoms with Gasteiger partial charge in [-0.15, -0.1) is 11.3 Å². The van der Waals surface area contributed by atoms with E-state index in [1.165, 1.54) is 30.3 Å². The summed E-state index contributed by atoms with van der Waals surface area (Å²) in [5.41, 5.74) is 10.6. The zero-order valence-electron chi connectivity index (χ0n) is 24.7. The van der Waals surface area contributed by atoms with Crippen molar-refractivity contribution in [3.05, 3.63) is 70.0 Å². The van der Waals surface area contributed by atoms with Crippen molar-refractivity contribution in [2.24, 2.45) is 22.1 Å². The summed E-state index contributed by atoms with van der Waals surface area (Å²) in [4.78, 5) is 36.8. The molecule has 3 aromatic rings. The molecule has 0 aliphatic heterocycles. The summed E-state index contributed by atoms with van der Waals surface area (Å²) in [5.74, 6) is 0.222. The van der Waals surface area contributed by atoms with E-state index in [0.29, 0.717) is 17.0 Å². The minimum Gasteiger partial charge on any atom is -0.392 e. The number of thiophene rings is 1. The number of hydrogen-bond donors (Lipinski definition) is 4. The molecule has 1 unspecified atom stereocenters. The number of hydrogen-bond acceptors (Lipinski definition) is 7. The summed E-state index contributed by atoms with van der Waals surface area (Å²) in [6, 6.07) is 11.3. The number of nitrogens with one attached hydrogen (secondary N) is 3. The topological polar surface area (TPSA) is 122 Å². The molecule has 41 heavy (non-hydrogen) atoms. The van der Waals surface area contributed by atoms with Crippen LogP contribution in [0.2, 0.25) is 0 Å². The number of aliphatic imine (C=N–C) groups is 1. The van der Waals surface area contributed by atoms with Gasteiger partial charge in [0.05, 0.1) is 12.5 Å². The van der Waals surface area contributed by atoms with Gasteiger partial charge < -0.3 is 21.7 Å².